The quantitative estimate of drug-likeness (QED) is 0.451. The van der Waals surface area contributed by atoms with Gasteiger partial charge in [-0.25, -0.2) is 5.06 Å². The molecule has 0 bridgehead atoms. The van der Waals surface area contributed by atoms with Crippen LogP contribution in [0.3, 0.4) is 0 Å². The van der Waals surface area contributed by atoms with E-state index in [0.29, 0.717) is 17.7 Å². The van der Waals surface area contributed by atoms with Crippen LogP contribution in [0.4, 0.5) is 13.2 Å². The van der Waals surface area contributed by atoms with Gasteiger partial charge in [-0.05, 0) is 71.2 Å². The number of hydroxylamine groups is 3. The van der Waals surface area contributed by atoms with E-state index in [9.17, 15) is 22.8 Å². The molecule has 2 aromatic rings. The third kappa shape index (κ3) is 4.70. The van der Waals surface area contributed by atoms with Crippen molar-refractivity contribution < 1.29 is 32.4 Å². The molecule has 2 amide bonds. The maximum Gasteiger partial charge on any atom is 0.428 e. The molecule has 0 aromatic heterocycles. The van der Waals surface area contributed by atoms with Gasteiger partial charge in [0, 0.05) is 17.7 Å². The molecular formula is C23H19BrCl2F3N3O4. The number of halogens is 6. The van der Waals surface area contributed by atoms with Crippen LogP contribution in [0.5, 0.6) is 0 Å². The minimum absolute atomic E-state index is 0.00835. The van der Waals surface area contributed by atoms with Gasteiger partial charge >= 0.3 is 6.18 Å². The first-order chi connectivity index (χ1) is 16.9. The Hall–Kier alpha value is -2.31. The Morgan fingerprint density at radius 1 is 1.28 bits per heavy atom. The van der Waals surface area contributed by atoms with Crippen molar-refractivity contribution in [2.75, 3.05) is 13.2 Å². The SMILES string of the molecule is CCN1OCC(NC(=O)c2ccc(C3=CC(c4cc(Cl)c(Br)c(Cl)c4)(C(F)(F)F)ON3)cc2C)C1=O. The zero-order valence-electron chi connectivity index (χ0n) is 18.8. The van der Waals surface area contributed by atoms with Crippen molar-refractivity contribution in [2.24, 2.45) is 0 Å². The molecule has 0 saturated carbocycles. The smallest absolute Gasteiger partial charge is 0.338 e. The minimum Gasteiger partial charge on any atom is -0.338 e. The summed E-state index contributed by atoms with van der Waals surface area (Å²) in [4.78, 5) is 35.2. The van der Waals surface area contributed by atoms with Gasteiger partial charge in [0.25, 0.3) is 11.8 Å². The highest BCUT2D eigenvalue weighted by Crippen LogP contribution is 2.49. The van der Waals surface area contributed by atoms with Gasteiger partial charge < -0.3 is 5.32 Å². The van der Waals surface area contributed by atoms with E-state index in [1.54, 1.807) is 13.8 Å². The van der Waals surface area contributed by atoms with Crippen LogP contribution in [0.1, 0.15) is 34.0 Å². The lowest BCUT2D eigenvalue weighted by atomic mass is 9.91. The molecule has 1 saturated heterocycles. The standard InChI is InChI=1S/C23H19BrCl2F3N3O4/c1-3-32-21(34)18(10-35-32)30-20(33)14-5-4-12(6-11(14)2)17-9-22(36-31-17,23(27,28)29)13-7-15(25)19(24)16(26)8-13/h4-9,18,31H,3,10H2,1-2H3,(H,30,33). The molecule has 7 nitrogen and oxygen atoms in total. The molecule has 2 unspecified atom stereocenters. The van der Waals surface area contributed by atoms with Crippen molar-refractivity contribution in [3.63, 3.8) is 0 Å². The van der Waals surface area contributed by atoms with Gasteiger partial charge in [-0.3, -0.25) is 24.7 Å². The molecule has 0 spiro atoms. The van der Waals surface area contributed by atoms with Crippen LogP contribution in [0.2, 0.25) is 10.0 Å². The number of hydrogen-bond donors (Lipinski definition) is 2. The van der Waals surface area contributed by atoms with E-state index in [1.165, 1.54) is 18.2 Å². The topological polar surface area (TPSA) is 79.9 Å². The first-order valence-corrected chi connectivity index (χ1v) is 12.2. The molecule has 36 heavy (non-hydrogen) atoms. The van der Waals surface area contributed by atoms with E-state index in [2.05, 4.69) is 26.7 Å². The molecule has 13 heteroatoms. The van der Waals surface area contributed by atoms with E-state index in [1.807, 2.05) is 0 Å². The summed E-state index contributed by atoms with van der Waals surface area (Å²) in [5.41, 5.74) is 0.308. The van der Waals surface area contributed by atoms with Crippen LogP contribution in [0.15, 0.2) is 40.9 Å². The van der Waals surface area contributed by atoms with Crippen LogP contribution >= 0.6 is 39.1 Å². The summed E-state index contributed by atoms with van der Waals surface area (Å²) in [6, 6.07) is 5.90. The first kappa shape index (κ1) is 26.7. The van der Waals surface area contributed by atoms with Gasteiger partial charge in [-0.2, -0.15) is 13.2 Å². The van der Waals surface area contributed by atoms with Crippen molar-refractivity contribution in [3.8, 4) is 0 Å². The number of rotatable bonds is 5. The second-order valence-electron chi connectivity index (χ2n) is 8.13. The van der Waals surface area contributed by atoms with Crippen molar-refractivity contribution in [1.29, 1.82) is 0 Å². The largest absolute Gasteiger partial charge is 0.428 e. The average Bonchev–Trinajstić information content (AvgIpc) is 3.42. The Morgan fingerprint density at radius 3 is 2.50 bits per heavy atom. The number of carbonyl (C=O) groups excluding carboxylic acids is 2. The number of likely N-dealkylation sites (N-methyl/N-ethyl adjacent to an activating group) is 1. The van der Waals surface area contributed by atoms with Crippen molar-refractivity contribution in [3.05, 3.63) is 73.2 Å². The number of nitrogens with one attached hydrogen (secondary N) is 2. The fourth-order valence-electron chi connectivity index (χ4n) is 3.90. The van der Waals surface area contributed by atoms with Gasteiger partial charge in [0.15, 0.2) is 0 Å². The Labute approximate surface area is 222 Å². The van der Waals surface area contributed by atoms with Gasteiger partial charge in [-0.15, -0.1) is 0 Å². The Balaban J connectivity index is 1.63. The molecule has 192 valence electrons. The predicted molar refractivity (Wildman–Crippen MR) is 130 cm³/mol. The number of amides is 2. The lowest BCUT2D eigenvalue weighted by Crippen LogP contribution is -2.42. The third-order valence-electron chi connectivity index (χ3n) is 5.82. The fraction of sp³-hybridized carbons (Fsp3) is 0.304. The van der Waals surface area contributed by atoms with Crippen LogP contribution in [0.25, 0.3) is 5.70 Å². The molecule has 0 radical (unpaired) electrons. The molecule has 2 atom stereocenters. The van der Waals surface area contributed by atoms with Crippen LogP contribution in [-0.4, -0.2) is 42.2 Å². The zero-order valence-corrected chi connectivity index (χ0v) is 21.9. The molecule has 1 fully saturated rings. The van der Waals surface area contributed by atoms with Crippen molar-refractivity contribution >= 4 is 56.6 Å². The molecule has 2 aromatic carbocycles. The molecule has 0 aliphatic carbocycles. The third-order valence-corrected chi connectivity index (χ3v) is 7.73. The summed E-state index contributed by atoms with van der Waals surface area (Å²) in [6.45, 7) is 3.74. The van der Waals surface area contributed by atoms with Crippen molar-refractivity contribution in [1.82, 2.24) is 15.9 Å². The molecular weight excluding hydrogens is 590 g/mol. The van der Waals surface area contributed by atoms with E-state index in [0.717, 1.165) is 23.3 Å². The summed E-state index contributed by atoms with van der Waals surface area (Å²) in [5.74, 6) is -0.860. The Kier molecular flexibility index (Phi) is 7.33. The maximum atomic E-state index is 14.3. The summed E-state index contributed by atoms with van der Waals surface area (Å²) in [6.07, 6.45) is -3.97. The number of alkyl halides is 3. The second-order valence-corrected chi connectivity index (χ2v) is 9.74. The van der Waals surface area contributed by atoms with E-state index < -0.39 is 23.7 Å². The van der Waals surface area contributed by atoms with Crippen molar-refractivity contribution in [2.45, 2.75) is 31.7 Å². The highest BCUT2D eigenvalue weighted by Gasteiger charge is 2.59. The number of hydrogen-bond acceptors (Lipinski definition) is 5. The number of carbonyl (C=O) groups is 2. The lowest BCUT2D eigenvalue weighted by molar-refractivity contribution is -0.269. The zero-order chi connectivity index (χ0) is 26.4. The molecule has 2 aliphatic heterocycles. The number of nitrogens with zero attached hydrogens (tertiary/aromatic N) is 1. The Bertz CT molecular complexity index is 1250. The molecule has 2 aliphatic rings. The molecule has 2 heterocycles. The lowest BCUT2D eigenvalue weighted by Gasteiger charge is -2.29. The van der Waals surface area contributed by atoms with E-state index in [4.69, 9.17) is 32.9 Å². The first-order valence-electron chi connectivity index (χ1n) is 10.6. The summed E-state index contributed by atoms with van der Waals surface area (Å²) in [7, 11) is 0. The highest BCUT2D eigenvalue weighted by atomic mass is 79.9. The predicted octanol–water partition coefficient (Wildman–Crippen LogP) is 5.29. The van der Waals surface area contributed by atoms with Gasteiger partial charge in [0.2, 0.25) is 5.60 Å². The van der Waals surface area contributed by atoms with Gasteiger partial charge in [-0.1, -0.05) is 29.3 Å². The van der Waals surface area contributed by atoms with Crippen LogP contribution in [-0.2, 0) is 20.1 Å². The van der Waals surface area contributed by atoms with Gasteiger partial charge in [0.1, 0.15) is 12.6 Å². The second kappa shape index (κ2) is 9.86. The fourth-order valence-corrected chi connectivity index (χ4v) is 4.62. The minimum atomic E-state index is -4.86. The highest BCUT2D eigenvalue weighted by molar-refractivity contribution is 9.10. The monoisotopic (exact) mass is 607 g/mol. The maximum absolute atomic E-state index is 14.3. The molecule has 4 rings (SSSR count). The number of benzene rings is 2. The van der Waals surface area contributed by atoms with Crippen LogP contribution < -0.4 is 10.8 Å². The molecule has 2 N–H and O–H groups in total. The summed E-state index contributed by atoms with van der Waals surface area (Å²) >= 11 is 15.2. The Morgan fingerprint density at radius 2 is 1.94 bits per heavy atom. The van der Waals surface area contributed by atoms with Crippen LogP contribution in [0, 0.1) is 6.92 Å². The van der Waals surface area contributed by atoms with E-state index in [-0.39, 0.29) is 43.9 Å². The average molecular weight is 609 g/mol. The number of aryl methyl sites for hydroxylation is 1. The summed E-state index contributed by atoms with van der Waals surface area (Å²) < 4.78 is 43.1. The summed E-state index contributed by atoms with van der Waals surface area (Å²) in [5, 5.41) is 3.77. The van der Waals surface area contributed by atoms with E-state index >= 15 is 0 Å². The van der Waals surface area contributed by atoms with Gasteiger partial charge in [0.05, 0.1) is 20.2 Å². The normalized spacial score (nSPS) is 22.0.